The topological polar surface area (TPSA) is 21.3 Å². The molecular formula is C12H15F2NOS. The Morgan fingerprint density at radius 3 is 2.59 bits per heavy atom. The van der Waals surface area contributed by atoms with Gasteiger partial charge in [-0.1, -0.05) is 0 Å². The molecule has 17 heavy (non-hydrogen) atoms. The first-order valence-electron chi connectivity index (χ1n) is 5.53. The van der Waals surface area contributed by atoms with E-state index in [4.69, 9.17) is 4.74 Å². The molecule has 1 heterocycles. The van der Waals surface area contributed by atoms with Crippen molar-refractivity contribution in [1.82, 2.24) is 5.32 Å². The maximum Gasteiger partial charge on any atom is 0.126 e. The van der Waals surface area contributed by atoms with Crippen LogP contribution in [0, 0.1) is 11.6 Å². The summed E-state index contributed by atoms with van der Waals surface area (Å²) < 4.78 is 32.0. The lowest BCUT2D eigenvalue weighted by Crippen LogP contribution is -2.36. The summed E-state index contributed by atoms with van der Waals surface area (Å²) in [5.74, 6) is 0.709. The van der Waals surface area contributed by atoms with Gasteiger partial charge in [0.25, 0.3) is 0 Å². The molecule has 2 atom stereocenters. The Balaban J connectivity index is 2.21. The van der Waals surface area contributed by atoms with Gasteiger partial charge in [-0.05, 0) is 24.7 Å². The highest BCUT2D eigenvalue weighted by Crippen LogP contribution is 2.26. The van der Waals surface area contributed by atoms with E-state index in [1.807, 2.05) is 0 Å². The van der Waals surface area contributed by atoms with Crippen LogP contribution in [0.5, 0.6) is 0 Å². The lowest BCUT2D eigenvalue weighted by Gasteiger charge is -2.30. The monoisotopic (exact) mass is 259 g/mol. The molecule has 0 spiro atoms. The number of hydrogen-bond acceptors (Lipinski definition) is 3. The zero-order valence-corrected chi connectivity index (χ0v) is 10.4. The lowest BCUT2D eigenvalue weighted by molar-refractivity contribution is 0.0487. The first-order valence-corrected chi connectivity index (χ1v) is 6.69. The molecule has 1 aliphatic rings. The highest BCUT2D eigenvalue weighted by atomic mass is 32.2. The average Bonchev–Trinajstić information content (AvgIpc) is 2.30. The second kappa shape index (κ2) is 5.80. The second-order valence-corrected chi connectivity index (χ2v) is 5.10. The Morgan fingerprint density at radius 2 is 2.06 bits per heavy atom. The van der Waals surface area contributed by atoms with Gasteiger partial charge in [0, 0.05) is 17.6 Å². The minimum atomic E-state index is -0.552. The SMILES string of the molecule is CNC(c1cc(F)cc(F)c1)C1CSCCO1. The van der Waals surface area contributed by atoms with Crippen molar-refractivity contribution in [3.8, 4) is 0 Å². The van der Waals surface area contributed by atoms with E-state index in [9.17, 15) is 8.78 Å². The van der Waals surface area contributed by atoms with Gasteiger partial charge < -0.3 is 10.1 Å². The van der Waals surface area contributed by atoms with Gasteiger partial charge in [-0.3, -0.25) is 0 Å². The summed E-state index contributed by atoms with van der Waals surface area (Å²) in [4.78, 5) is 0. The number of likely N-dealkylation sites (N-methyl/N-ethyl adjacent to an activating group) is 1. The van der Waals surface area contributed by atoms with E-state index in [-0.39, 0.29) is 12.1 Å². The number of hydrogen-bond donors (Lipinski definition) is 1. The van der Waals surface area contributed by atoms with E-state index in [0.29, 0.717) is 12.2 Å². The van der Waals surface area contributed by atoms with Gasteiger partial charge >= 0.3 is 0 Å². The normalized spacial score (nSPS) is 22.4. The molecule has 0 radical (unpaired) electrons. The molecule has 2 unspecified atom stereocenters. The maximum absolute atomic E-state index is 13.2. The summed E-state index contributed by atoms with van der Waals surface area (Å²) in [6.45, 7) is 0.686. The van der Waals surface area contributed by atoms with Crippen molar-refractivity contribution in [2.75, 3.05) is 25.2 Å². The predicted octanol–water partition coefficient (Wildman–Crippen LogP) is 2.36. The fourth-order valence-electron chi connectivity index (χ4n) is 2.02. The van der Waals surface area contributed by atoms with Crippen molar-refractivity contribution in [3.05, 3.63) is 35.4 Å². The molecule has 1 aromatic carbocycles. The van der Waals surface area contributed by atoms with Crippen molar-refractivity contribution in [3.63, 3.8) is 0 Å². The molecule has 0 amide bonds. The molecule has 1 fully saturated rings. The van der Waals surface area contributed by atoms with Crippen LogP contribution in [0.4, 0.5) is 8.78 Å². The third-order valence-corrected chi connectivity index (χ3v) is 3.79. The standard InChI is InChI=1S/C12H15F2NOS/c1-15-12(11-7-17-3-2-16-11)8-4-9(13)6-10(14)5-8/h4-6,11-12,15H,2-3,7H2,1H3. The number of halogens is 2. The van der Waals surface area contributed by atoms with Crippen LogP contribution >= 0.6 is 11.8 Å². The Bertz CT molecular complexity index is 363. The van der Waals surface area contributed by atoms with E-state index in [1.54, 1.807) is 18.8 Å². The molecule has 1 N–H and O–H groups in total. The van der Waals surface area contributed by atoms with Gasteiger partial charge in [0.2, 0.25) is 0 Å². The van der Waals surface area contributed by atoms with Crippen molar-refractivity contribution in [2.24, 2.45) is 0 Å². The molecule has 1 saturated heterocycles. The van der Waals surface area contributed by atoms with E-state index in [2.05, 4.69) is 5.32 Å². The van der Waals surface area contributed by atoms with E-state index < -0.39 is 11.6 Å². The molecule has 94 valence electrons. The van der Waals surface area contributed by atoms with Crippen molar-refractivity contribution < 1.29 is 13.5 Å². The highest BCUT2D eigenvalue weighted by molar-refractivity contribution is 7.99. The largest absolute Gasteiger partial charge is 0.375 e. The smallest absolute Gasteiger partial charge is 0.126 e. The Kier molecular flexibility index (Phi) is 4.36. The molecule has 1 aliphatic heterocycles. The first-order chi connectivity index (χ1) is 8.20. The minimum absolute atomic E-state index is 0.0417. The van der Waals surface area contributed by atoms with Crippen LogP contribution in [0.25, 0.3) is 0 Å². The van der Waals surface area contributed by atoms with Crippen LogP contribution in [0.1, 0.15) is 11.6 Å². The van der Waals surface area contributed by atoms with Crippen LogP contribution in [0.3, 0.4) is 0 Å². The molecule has 0 aromatic heterocycles. The molecular weight excluding hydrogens is 244 g/mol. The summed E-state index contributed by atoms with van der Waals surface area (Å²) in [7, 11) is 1.77. The zero-order valence-electron chi connectivity index (χ0n) is 9.58. The molecule has 5 heteroatoms. The van der Waals surface area contributed by atoms with Crippen LogP contribution in [0.2, 0.25) is 0 Å². The van der Waals surface area contributed by atoms with Crippen molar-refractivity contribution >= 4 is 11.8 Å². The second-order valence-electron chi connectivity index (χ2n) is 3.95. The predicted molar refractivity (Wildman–Crippen MR) is 65.2 cm³/mol. The molecule has 0 aliphatic carbocycles. The molecule has 0 bridgehead atoms. The van der Waals surface area contributed by atoms with Gasteiger partial charge in [0.05, 0.1) is 18.8 Å². The summed E-state index contributed by atoms with van der Waals surface area (Å²) >= 11 is 1.80. The minimum Gasteiger partial charge on any atom is -0.375 e. The molecule has 2 rings (SSSR count). The fraction of sp³-hybridized carbons (Fsp3) is 0.500. The summed E-state index contributed by atoms with van der Waals surface area (Å²) in [6, 6.07) is 3.42. The summed E-state index contributed by atoms with van der Waals surface area (Å²) in [5.41, 5.74) is 0.595. The number of benzene rings is 1. The lowest BCUT2D eigenvalue weighted by atomic mass is 10.0. The number of rotatable bonds is 3. The van der Waals surface area contributed by atoms with E-state index in [0.717, 1.165) is 17.6 Å². The van der Waals surface area contributed by atoms with Gasteiger partial charge in [-0.15, -0.1) is 0 Å². The Hall–Kier alpha value is -0.650. The number of thioether (sulfide) groups is 1. The summed E-state index contributed by atoms with van der Waals surface area (Å²) in [6.07, 6.45) is -0.0417. The average molecular weight is 259 g/mol. The number of ether oxygens (including phenoxy) is 1. The third kappa shape index (κ3) is 3.18. The number of nitrogens with one attached hydrogen (secondary N) is 1. The van der Waals surface area contributed by atoms with Crippen LogP contribution in [-0.2, 0) is 4.74 Å². The van der Waals surface area contributed by atoms with Gasteiger partial charge in [0.15, 0.2) is 0 Å². The molecule has 2 nitrogen and oxygen atoms in total. The van der Waals surface area contributed by atoms with E-state index in [1.165, 1.54) is 12.1 Å². The van der Waals surface area contributed by atoms with Crippen LogP contribution in [-0.4, -0.2) is 31.3 Å². The van der Waals surface area contributed by atoms with E-state index >= 15 is 0 Å². The maximum atomic E-state index is 13.2. The highest BCUT2D eigenvalue weighted by Gasteiger charge is 2.25. The quantitative estimate of drug-likeness (QED) is 0.900. The van der Waals surface area contributed by atoms with Crippen LogP contribution < -0.4 is 5.32 Å². The Morgan fingerprint density at radius 1 is 1.35 bits per heavy atom. The van der Waals surface area contributed by atoms with Crippen LogP contribution in [0.15, 0.2) is 18.2 Å². The Labute approximate surface area is 104 Å². The third-order valence-electron chi connectivity index (χ3n) is 2.77. The van der Waals surface area contributed by atoms with Crippen molar-refractivity contribution in [2.45, 2.75) is 12.1 Å². The fourth-order valence-corrected chi connectivity index (χ4v) is 2.92. The summed E-state index contributed by atoms with van der Waals surface area (Å²) in [5, 5.41) is 3.07. The van der Waals surface area contributed by atoms with Gasteiger partial charge in [-0.25, -0.2) is 8.78 Å². The zero-order chi connectivity index (χ0) is 12.3. The first kappa shape index (κ1) is 12.8. The molecule has 1 aromatic rings. The molecule has 0 saturated carbocycles. The van der Waals surface area contributed by atoms with Gasteiger partial charge in [-0.2, -0.15) is 11.8 Å². The van der Waals surface area contributed by atoms with Gasteiger partial charge in [0.1, 0.15) is 11.6 Å². The van der Waals surface area contributed by atoms with Crippen molar-refractivity contribution in [1.29, 1.82) is 0 Å².